The maximum atomic E-state index is 14.5. The summed E-state index contributed by atoms with van der Waals surface area (Å²) >= 11 is 0. The molecule has 0 radical (unpaired) electrons. The second-order valence-electron chi connectivity index (χ2n) is 13.8. The van der Waals surface area contributed by atoms with Crippen molar-refractivity contribution in [1.29, 1.82) is 0 Å². The minimum absolute atomic E-state index is 0.00679. The Morgan fingerprint density at radius 1 is 1.09 bits per heavy atom. The fourth-order valence-electron chi connectivity index (χ4n) is 8.86. The molecule has 9 atom stereocenters. The number of hydrogen-bond acceptors (Lipinski definition) is 10. The zero-order valence-corrected chi connectivity index (χ0v) is 25.9. The molecule has 5 aliphatic rings. The van der Waals surface area contributed by atoms with Gasteiger partial charge in [-0.15, -0.1) is 0 Å². The number of rotatable bonds is 7. The number of ether oxygens (including phenoxy) is 4. The molecular weight excluding hydrogens is 556 g/mol. The number of aliphatic hydroxyl groups excluding tert-OH is 1. The van der Waals surface area contributed by atoms with Crippen LogP contribution in [-0.4, -0.2) is 66.8 Å². The number of carbonyl (C=O) groups is 5. The summed E-state index contributed by atoms with van der Waals surface area (Å²) < 4.78 is 22.1. The van der Waals surface area contributed by atoms with Crippen molar-refractivity contribution in [2.45, 2.75) is 85.7 Å². The number of carbonyl (C=O) groups excluding carboxylic acids is 5. The van der Waals surface area contributed by atoms with Crippen molar-refractivity contribution in [1.82, 2.24) is 0 Å². The number of fused-ring (bicyclic) bond motifs is 6. The van der Waals surface area contributed by atoms with E-state index in [-0.39, 0.29) is 48.4 Å². The summed E-state index contributed by atoms with van der Waals surface area (Å²) in [7, 11) is 1.32. The van der Waals surface area contributed by atoms with Crippen LogP contribution in [0.15, 0.2) is 34.9 Å². The maximum absolute atomic E-state index is 14.5. The van der Waals surface area contributed by atoms with Gasteiger partial charge >= 0.3 is 17.9 Å². The van der Waals surface area contributed by atoms with Crippen LogP contribution in [0.2, 0.25) is 0 Å². The van der Waals surface area contributed by atoms with Gasteiger partial charge in [-0.05, 0) is 61.5 Å². The van der Waals surface area contributed by atoms with Gasteiger partial charge in [0.05, 0.1) is 31.1 Å². The second-order valence-corrected chi connectivity index (χ2v) is 13.8. The van der Waals surface area contributed by atoms with E-state index in [1.807, 2.05) is 33.8 Å². The number of hydrogen-bond donors (Lipinski definition) is 1. The number of allylic oxidation sites excluding steroid dienone is 2. The van der Waals surface area contributed by atoms with E-state index in [0.29, 0.717) is 18.4 Å². The van der Waals surface area contributed by atoms with E-state index in [4.69, 9.17) is 18.9 Å². The Bertz CT molecular complexity index is 1350. The number of methoxy groups -OCH3 is 1. The molecule has 0 aromatic carbocycles. The highest BCUT2D eigenvalue weighted by atomic mass is 16.6. The summed E-state index contributed by atoms with van der Waals surface area (Å²) in [6.45, 7) is 11.1. The Kier molecular flexibility index (Phi) is 7.87. The second kappa shape index (κ2) is 10.8. The van der Waals surface area contributed by atoms with Gasteiger partial charge in [-0.2, -0.15) is 0 Å². The third-order valence-corrected chi connectivity index (χ3v) is 11.3. The van der Waals surface area contributed by atoms with Crippen molar-refractivity contribution in [2.24, 2.45) is 39.9 Å². The summed E-state index contributed by atoms with van der Waals surface area (Å²) in [5, 5.41) is 9.96. The molecule has 1 N–H and O–H groups in total. The predicted molar refractivity (Wildman–Crippen MR) is 152 cm³/mol. The average Bonchev–Trinajstić information content (AvgIpc) is 3.29. The minimum atomic E-state index is -1.40. The molecular formula is C33H42O10. The Morgan fingerprint density at radius 2 is 1.79 bits per heavy atom. The number of cyclic esters (lactones) is 2. The standard InChI is InChI=1S/C33H42O10/c1-8-16(2)22(34)15-41-28-18-11-17-20(33(6,27(18)38)23(31(28,3)4)14-24(35)40-7)9-10-32(5)21(17)13-26(37)42-29(32)19-12-25(36)43-30(19)39/h8,11-12,18,20-21,23,25,28-29,36H,9-10,13-15H2,1-7H3/b16-8+/t18-,20-,21+,23+,25-,28-,29+,32-,33-/m1/s1. The van der Waals surface area contributed by atoms with Crippen LogP contribution in [0.4, 0.5) is 0 Å². The van der Waals surface area contributed by atoms with Gasteiger partial charge in [0.2, 0.25) is 6.29 Å². The molecule has 10 heteroatoms. The first kappa shape index (κ1) is 31.3. The predicted octanol–water partition coefficient (Wildman–Crippen LogP) is 3.41. The van der Waals surface area contributed by atoms with Gasteiger partial charge in [0.1, 0.15) is 18.5 Å². The molecule has 1 saturated heterocycles. The maximum Gasteiger partial charge on any atom is 0.340 e. The zero-order valence-electron chi connectivity index (χ0n) is 25.9. The van der Waals surface area contributed by atoms with Crippen LogP contribution in [0.1, 0.15) is 67.2 Å². The summed E-state index contributed by atoms with van der Waals surface area (Å²) in [6, 6.07) is 0. The molecule has 234 valence electrons. The lowest BCUT2D eigenvalue weighted by molar-refractivity contribution is -0.192. The SMILES string of the molecule is C/C=C(\C)C(=O)CO[C@@H]1[C@@H]2C=C3[C@@H](CC[C@]4(C)[C@H]3CC(=O)O[C@H]4C3=C[C@H](O)OC3=O)[C@@](C)(C2=O)[C@@H](CC(=O)OC)C1(C)C. The van der Waals surface area contributed by atoms with Crippen molar-refractivity contribution >= 4 is 29.5 Å². The summed E-state index contributed by atoms with van der Waals surface area (Å²) in [4.78, 5) is 65.8. The molecule has 2 bridgehead atoms. The highest BCUT2D eigenvalue weighted by molar-refractivity contribution is 5.96. The zero-order chi connectivity index (χ0) is 31.6. The summed E-state index contributed by atoms with van der Waals surface area (Å²) in [5.74, 6) is -3.70. The van der Waals surface area contributed by atoms with Crippen molar-refractivity contribution in [3.05, 3.63) is 34.9 Å². The van der Waals surface area contributed by atoms with Crippen LogP contribution >= 0.6 is 0 Å². The van der Waals surface area contributed by atoms with Gasteiger partial charge in [-0.3, -0.25) is 19.2 Å². The van der Waals surface area contributed by atoms with Gasteiger partial charge in [0.15, 0.2) is 5.78 Å². The fourth-order valence-corrected chi connectivity index (χ4v) is 8.86. The molecule has 2 heterocycles. The van der Waals surface area contributed by atoms with Gasteiger partial charge in [0, 0.05) is 17.3 Å². The summed E-state index contributed by atoms with van der Waals surface area (Å²) in [5.41, 5.74) is -0.789. The molecule has 0 spiro atoms. The van der Waals surface area contributed by atoms with E-state index >= 15 is 0 Å². The molecule has 0 amide bonds. The first-order chi connectivity index (χ1) is 20.1. The first-order valence-electron chi connectivity index (χ1n) is 15.0. The molecule has 5 rings (SSSR count). The summed E-state index contributed by atoms with van der Waals surface area (Å²) in [6.07, 6.45) is 3.05. The van der Waals surface area contributed by atoms with Crippen LogP contribution in [0.5, 0.6) is 0 Å². The third-order valence-electron chi connectivity index (χ3n) is 11.3. The normalized spacial score (nSPS) is 40.0. The van der Waals surface area contributed by atoms with Crippen LogP contribution in [0.25, 0.3) is 0 Å². The molecule has 0 aromatic rings. The van der Waals surface area contributed by atoms with Crippen molar-refractivity contribution in [3.8, 4) is 0 Å². The Morgan fingerprint density at radius 3 is 2.40 bits per heavy atom. The molecule has 10 nitrogen and oxygen atoms in total. The molecule has 3 aliphatic carbocycles. The Hall–Kier alpha value is -3.11. The molecule has 0 aromatic heterocycles. The Labute approximate surface area is 251 Å². The minimum Gasteiger partial charge on any atom is -0.469 e. The van der Waals surface area contributed by atoms with Crippen molar-refractivity contribution in [2.75, 3.05) is 13.7 Å². The van der Waals surface area contributed by atoms with Gasteiger partial charge < -0.3 is 24.1 Å². The van der Waals surface area contributed by atoms with Crippen molar-refractivity contribution < 1.29 is 48.0 Å². The largest absolute Gasteiger partial charge is 0.469 e. The number of esters is 3. The quantitative estimate of drug-likeness (QED) is 0.200. The Balaban J connectivity index is 1.62. The van der Waals surface area contributed by atoms with Crippen LogP contribution in [-0.2, 0) is 42.9 Å². The van der Waals surface area contributed by atoms with E-state index < -0.39 is 64.5 Å². The van der Waals surface area contributed by atoms with Crippen molar-refractivity contribution in [3.63, 3.8) is 0 Å². The molecule has 2 saturated carbocycles. The van der Waals surface area contributed by atoms with Gasteiger partial charge in [0.25, 0.3) is 0 Å². The van der Waals surface area contributed by atoms with Gasteiger partial charge in [-0.25, -0.2) is 4.79 Å². The van der Waals surface area contributed by atoms with E-state index in [1.165, 1.54) is 13.2 Å². The van der Waals surface area contributed by atoms with E-state index in [2.05, 4.69) is 0 Å². The average molecular weight is 599 g/mol. The first-order valence-corrected chi connectivity index (χ1v) is 15.0. The molecule has 3 fully saturated rings. The van der Waals surface area contributed by atoms with E-state index in [9.17, 15) is 29.1 Å². The van der Waals surface area contributed by atoms with Gasteiger partial charge in [-0.1, -0.05) is 45.4 Å². The highest BCUT2D eigenvalue weighted by Gasteiger charge is 2.68. The van der Waals surface area contributed by atoms with Crippen LogP contribution in [0, 0.1) is 39.9 Å². The highest BCUT2D eigenvalue weighted by Crippen LogP contribution is 2.67. The smallest absolute Gasteiger partial charge is 0.340 e. The third kappa shape index (κ3) is 4.72. The fraction of sp³-hybridized carbons (Fsp3) is 0.667. The van der Waals surface area contributed by atoms with E-state index in [1.54, 1.807) is 19.9 Å². The lowest BCUT2D eigenvalue weighted by Crippen LogP contribution is -2.67. The lowest BCUT2D eigenvalue weighted by Gasteiger charge is -2.64. The monoisotopic (exact) mass is 598 g/mol. The topological polar surface area (TPSA) is 142 Å². The number of aliphatic hydroxyl groups is 1. The molecule has 0 unspecified atom stereocenters. The molecule has 43 heavy (non-hydrogen) atoms. The van der Waals surface area contributed by atoms with E-state index in [0.717, 1.165) is 5.57 Å². The van der Waals surface area contributed by atoms with Crippen LogP contribution in [0.3, 0.4) is 0 Å². The number of ketones is 2. The number of Topliss-reactive ketones (excluding diaryl/α,β-unsaturated/α-hetero) is 2. The molecule has 2 aliphatic heterocycles. The van der Waals surface area contributed by atoms with Crippen LogP contribution < -0.4 is 0 Å². The lowest BCUT2D eigenvalue weighted by atomic mass is 9.40.